The molecule has 0 aliphatic carbocycles. The minimum absolute atomic E-state index is 0.214. The lowest BCUT2D eigenvalue weighted by molar-refractivity contribution is -0.456. The highest BCUT2D eigenvalue weighted by Gasteiger charge is 2.00. The number of hydrazone groups is 1. The highest BCUT2D eigenvalue weighted by Crippen LogP contribution is 2.14. The van der Waals surface area contributed by atoms with Crippen LogP contribution >= 0.6 is 11.8 Å². The molecule has 0 radical (unpaired) electrons. The third-order valence-electron chi connectivity index (χ3n) is 1.79. The number of nitrogens with one attached hydrogen (secondary N) is 1. The molecule has 0 saturated heterocycles. The Morgan fingerprint density at radius 1 is 1.60 bits per heavy atom. The van der Waals surface area contributed by atoms with E-state index in [1.807, 2.05) is 25.3 Å². The van der Waals surface area contributed by atoms with E-state index in [4.69, 9.17) is 5.73 Å². The molecule has 0 aliphatic rings. The average molecular weight is 224 g/mol. The van der Waals surface area contributed by atoms with Crippen molar-refractivity contribution in [2.24, 2.45) is 10.8 Å². The Labute approximate surface area is 92.9 Å². The van der Waals surface area contributed by atoms with Crippen molar-refractivity contribution >= 4 is 23.1 Å². The summed E-state index contributed by atoms with van der Waals surface area (Å²) in [4.78, 5) is 0. The van der Waals surface area contributed by atoms with E-state index in [0.717, 1.165) is 5.56 Å². The summed E-state index contributed by atoms with van der Waals surface area (Å²) in [5.41, 5.74) is 7.23. The van der Waals surface area contributed by atoms with Gasteiger partial charge in [-0.2, -0.15) is 0 Å². The molecule has 4 N–H and O–H groups in total. The van der Waals surface area contributed by atoms with Crippen molar-refractivity contribution in [3.05, 3.63) is 29.3 Å². The Balaban J connectivity index is 2.84. The molecule has 0 aliphatic heterocycles. The number of thioether (sulfide) groups is 1. The molecule has 0 atom stereocenters. The van der Waals surface area contributed by atoms with Crippen LogP contribution in [0.2, 0.25) is 0 Å². The first-order valence-corrected chi connectivity index (χ1v) is 5.61. The fourth-order valence-corrected chi connectivity index (χ4v) is 1.14. The quantitative estimate of drug-likeness (QED) is 0.370. The highest BCUT2D eigenvalue weighted by molar-refractivity contribution is 8.13. The van der Waals surface area contributed by atoms with Gasteiger partial charge in [0.25, 0.3) is 0 Å². The standard InChI is InChI=1S/C10H13N3OS/c1-7-3-4-9(14)8(5-7)6-12-13-10(11)15-2/h3-6,14H,1-2H3,(H2,11,13)/p+1/b12-6+. The van der Waals surface area contributed by atoms with Crippen molar-refractivity contribution in [3.8, 4) is 5.75 Å². The van der Waals surface area contributed by atoms with Crippen LogP contribution in [0.4, 0.5) is 0 Å². The molecule has 0 unspecified atom stereocenters. The van der Waals surface area contributed by atoms with Crippen LogP contribution in [0.3, 0.4) is 0 Å². The van der Waals surface area contributed by atoms with Crippen LogP contribution in [0.15, 0.2) is 23.3 Å². The highest BCUT2D eigenvalue weighted by atomic mass is 32.2. The first kappa shape index (κ1) is 11.6. The largest absolute Gasteiger partial charge is 0.507 e. The van der Waals surface area contributed by atoms with Gasteiger partial charge >= 0.3 is 0 Å². The molecule has 1 rings (SSSR count). The molecule has 0 amide bonds. The molecule has 0 aromatic heterocycles. The molecule has 15 heavy (non-hydrogen) atoms. The summed E-state index contributed by atoms with van der Waals surface area (Å²) in [5.74, 6) is 0.214. The number of nitrogens with zero attached hydrogens (tertiary/aromatic N) is 1. The van der Waals surface area contributed by atoms with E-state index < -0.39 is 0 Å². The van der Waals surface area contributed by atoms with Crippen LogP contribution in [0, 0.1) is 6.92 Å². The summed E-state index contributed by atoms with van der Waals surface area (Å²) in [6, 6.07) is 5.34. The van der Waals surface area contributed by atoms with E-state index in [1.165, 1.54) is 11.8 Å². The third kappa shape index (κ3) is 3.63. The first-order chi connectivity index (χ1) is 7.13. The number of rotatable bonds is 2. The monoisotopic (exact) mass is 224 g/mol. The minimum atomic E-state index is 0.214. The van der Waals surface area contributed by atoms with Gasteiger partial charge in [-0.1, -0.05) is 23.4 Å². The molecule has 80 valence electrons. The van der Waals surface area contributed by atoms with Crippen LogP contribution < -0.4 is 10.8 Å². The van der Waals surface area contributed by atoms with Crippen LogP contribution in [-0.4, -0.2) is 22.7 Å². The fraction of sp³-hybridized carbons (Fsp3) is 0.200. The number of aromatic hydroxyl groups is 1. The minimum Gasteiger partial charge on any atom is -0.507 e. The summed E-state index contributed by atoms with van der Waals surface area (Å²) < 4.78 is 0. The normalized spacial score (nSPS) is 12.3. The Bertz CT molecular complexity index is 402. The summed E-state index contributed by atoms with van der Waals surface area (Å²) >= 11 is 1.35. The van der Waals surface area contributed by atoms with Gasteiger partial charge in [0.1, 0.15) is 5.75 Å². The summed E-state index contributed by atoms with van der Waals surface area (Å²) in [7, 11) is 0. The van der Waals surface area contributed by atoms with Gasteiger partial charge in [0.05, 0.1) is 5.56 Å². The zero-order chi connectivity index (χ0) is 11.3. The SMILES string of the molecule is CSC(N)=N/[NH+]=C/c1cc(C)ccc1O. The number of phenols is 1. The third-order valence-corrected chi connectivity index (χ3v) is 2.30. The van der Waals surface area contributed by atoms with Crippen molar-refractivity contribution in [2.45, 2.75) is 6.92 Å². The maximum atomic E-state index is 9.50. The van der Waals surface area contributed by atoms with E-state index >= 15 is 0 Å². The Kier molecular flexibility index (Phi) is 4.17. The lowest BCUT2D eigenvalue weighted by atomic mass is 10.1. The van der Waals surface area contributed by atoms with Crippen LogP contribution in [0.5, 0.6) is 5.75 Å². The average Bonchev–Trinajstić information content (AvgIpc) is 2.23. The molecule has 1 aromatic rings. The van der Waals surface area contributed by atoms with Crippen LogP contribution in [0.25, 0.3) is 0 Å². The zero-order valence-corrected chi connectivity index (χ0v) is 9.51. The Morgan fingerprint density at radius 2 is 2.33 bits per heavy atom. The number of hydrogen-bond acceptors (Lipinski definition) is 3. The first-order valence-electron chi connectivity index (χ1n) is 4.39. The molecular formula is C10H14N3OS+. The fourth-order valence-electron chi connectivity index (χ4n) is 1.00. The number of benzene rings is 1. The van der Waals surface area contributed by atoms with Crippen LogP contribution in [-0.2, 0) is 0 Å². The number of nitrogens with two attached hydrogens (primary N) is 1. The van der Waals surface area contributed by atoms with E-state index in [0.29, 0.717) is 10.7 Å². The second kappa shape index (κ2) is 5.41. The summed E-state index contributed by atoms with van der Waals surface area (Å²) in [6.07, 6.45) is 3.44. The van der Waals surface area contributed by atoms with Gasteiger partial charge in [0.15, 0.2) is 0 Å². The summed E-state index contributed by atoms with van der Waals surface area (Å²) in [6.45, 7) is 1.95. The molecule has 1 aromatic carbocycles. The molecule has 0 bridgehead atoms. The van der Waals surface area contributed by atoms with Gasteiger partial charge in [-0.05, 0) is 25.3 Å². The Hall–Kier alpha value is -1.49. The maximum Gasteiger partial charge on any atom is 0.225 e. The topological polar surface area (TPSA) is 72.6 Å². The second-order valence-electron chi connectivity index (χ2n) is 2.99. The van der Waals surface area contributed by atoms with Crippen molar-refractivity contribution in [1.82, 2.24) is 0 Å². The molecule has 0 spiro atoms. The van der Waals surface area contributed by atoms with E-state index in [1.54, 1.807) is 12.3 Å². The van der Waals surface area contributed by atoms with E-state index in [-0.39, 0.29) is 5.75 Å². The molecule has 5 heteroatoms. The number of hydrogen-bond donors (Lipinski definition) is 3. The number of aryl methyl sites for hydroxylation is 1. The van der Waals surface area contributed by atoms with Crippen molar-refractivity contribution in [2.75, 3.05) is 6.26 Å². The predicted octanol–water partition coefficient (Wildman–Crippen LogP) is -0.207. The van der Waals surface area contributed by atoms with Crippen LogP contribution in [0.1, 0.15) is 11.1 Å². The summed E-state index contributed by atoms with van der Waals surface area (Å²) in [5, 5.41) is 16.5. The lowest BCUT2D eigenvalue weighted by Gasteiger charge is -1.96. The molecule has 4 nitrogen and oxygen atoms in total. The second-order valence-corrected chi connectivity index (χ2v) is 3.82. The van der Waals surface area contributed by atoms with Crippen molar-refractivity contribution in [1.29, 1.82) is 0 Å². The number of phenolic OH excluding ortho intramolecular Hbond substituents is 1. The van der Waals surface area contributed by atoms with Gasteiger partial charge in [0.2, 0.25) is 11.4 Å². The zero-order valence-electron chi connectivity index (χ0n) is 8.69. The lowest BCUT2D eigenvalue weighted by Crippen LogP contribution is -2.62. The number of amidine groups is 1. The smallest absolute Gasteiger partial charge is 0.225 e. The van der Waals surface area contributed by atoms with Gasteiger partial charge in [-0.3, -0.25) is 0 Å². The molecule has 0 saturated carbocycles. The van der Waals surface area contributed by atoms with Gasteiger partial charge in [0, 0.05) is 5.10 Å². The van der Waals surface area contributed by atoms with Gasteiger partial charge in [-0.15, -0.1) is 5.10 Å². The molecule has 0 heterocycles. The molecule has 0 fully saturated rings. The molecular weight excluding hydrogens is 210 g/mol. The van der Waals surface area contributed by atoms with E-state index in [9.17, 15) is 5.11 Å². The van der Waals surface area contributed by atoms with Crippen molar-refractivity contribution < 1.29 is 10.2 Å². The maximum absolute atomic E-state index is 9.50. The van der Waals surface area contributed by atoms with Gasteiger partial charge < -0.3 is 10.8 Å². The predicted molar refractivity (Wildman–Crippen MR) is 64.1 cm³/mol. The van der Waals surface area contributed by atoms with E-state index in [2.05, 4.69) is 10.2 Å². The van der Waals surface area contributed by atoms with Gasteiger partial charge in [-0.25, -0.2) is 0 Å². The van der Waals surface area contributed by atoms with Crippen molar-refractivity contribution in [3.63, 3.8) is 0 Å². The Morgan fingerprint density at radius 3 is 3.00 bits per heavy atom.